The fraction of sp³-hybridized carbons (Fsp3) is 0.438. The van der Waals surface area contributed by atoms with Crippen LogP contribution < -0.4 is 10.2 Å². The van der Waals surface area contributed by atoms with E-state index in [0.717, 1.165) is 30.2 Å². The van der Waals surface area contributed by atoms with Gasteiger partial charge in [-0.1, -0.05) is 31.5 Å². The van der Waals surface area contributed by atoms with Crippen molar-refractivity contribution in [2.24, 2.45) is 0 Å². The van der Waals surface area contributed by atoms with Crippen LogP contribution in [0, 0.1) is 5.82 Å². The Balaban J connectivity index is 2.17. The molecule has 3 nitrogen and oxygen atoms in total. The summed E-state index contributed by atoms with van der Waals surface area (Å²) in [6, 6.07) is 6.90. The van der Waals surface area contributed by atoms with Crippen molar-refractivity contribution in [2.45, 2.75) is 32.9 Å². The van der Waals surface area contributed by atoms with Crippen LogP contribution in [0.4, 0.5) is 9.52 Å². The summed E-state index contributed by atoms with van der Waals surface area (Å²) in [5.41, 5.74) is 1.86. The topological polar surface area (TPSA) is 28.2 Å². The van der Waals surface area contributed by atoms with E-state index in [-0.39, 0.29) is 5.82 Å². The summed E-state index contributed by atoms with van der Waals surface area (Å²) in [7, 11) is 3.91. The van der Waals surface area contributed by atoms with E-state index in [9.17, 15) is 4.39 Å². The fourth-order valence-electron chi connectivity index (χ4n) is 2.21. The second-order valence-electron chi connectivity index (χ2n) is 5.09. The van der Waals surface area contributed by atoms with Crippen molar-refractivity contribution in [3.63, 3.8) is 0 Å². The van der Waals surface area contributed by atoms with Crippen LogP contribution in [0.25, 0.3) is 0 Å². The van der Waals surface area contributed by atoms with Gasteiger partial charge in [-0.3, -0.25) is 0 Å². The first-order valence-electron chi connectivity index (χ1n) is 7.23. The Hall–Kier alpha value is -1.46. The van der Waals surface area contributed by atoms with Gasteiger partial charge in [0.25, 0.3) is 0 Å². The van der Waals surface area contributed by atoms with Gasteiger partial charge in [-0.05, 0) is 19.5 Å². The molecule has 1 aromatic heterocycles. The van der Waals surface area contributed by atoms with Crippen LogP contribution >= 0.6 is 11.3 Å². The highest BCUT2D eigenvalue weighted by atomic mass is 32.1. The quantitative estimate of drug-likeness (QED) is 0.847. The molecule has 21 heavy (non-hydrogen) atoms. The van der Waals surface area contributed by atoms with E-state index in [1.54, 1.807) is 17.4 Å². The van der Waals surface area contributed by atoms with Gasteiger partial charge in [-0.15, -0.1) is 11.3 Å². The summed E-state index contributed by atoms with van der Waals surface area (Å²) in [4.78, 5) is 8.01. The summed E-state index contributed by atoms with van der Waals surface area (Å²) in [6.45, 7) is 3.52. The lowest BCUT2D eigenvalue weighted by Gasteiger charge is -2.16. The number of benzene rings is 1. The first-order valence-corrected chi connectivity index (χ1v) is 8.05. The monoisotopic (exact) mass is 307 g/mol. The van der Waals surface area contributed by atoms with Gasteiger partial charge in [0.2, 0.25) is 0 Å². The Bertz CT molecular complexity index is 559. The molecule has 5 heteroatoms. The molecule has 0 aliphatic carbocycles. The number of nitrogens with one attached hydrogen (secondary N) is 1. The Morgan fingerprint density at radius 3 is 2.76 bits per heavy atom. The van der Waals surface area contributed by atoms with E-state index in [4.69, 9.17) is 4.98 Å². The molecule has 0 aliphatic rings. The number of hydrogen-bond donors (Lipinski definition) is 1. The maximum Gasteiger partial charge on any atom is 0.185 e. The zero-order valence-electron chi connectivity index (χ0n) is 12.8. The molecule has 1 N–H and O–H groups in total. The number of nitrogens with zero attached hydrogens (tertiary/aromatic N) is 2. The average molecular weight is 307 g/mol. The standard InChI is InChI=1S/C16H22FN3S/c1-4-7-14-15(10-18-2)21-16(19-14)20(3)11-12-8-5-6-9-13(12)17/h5-6,8-9,18H,4,7,10-11H2,1-3H3. The number of rotatable bonds is 7. The molecule has 114 valence electrons. The van der Waals surface area contributed by atoms with Gasteiger partial charge in [0.1, 0.15) is 5.82 Å². The second-order valence-corrected chi connectivity index (χ2v) is 6.16. The highest BCUT2D eigenvalue weighted by Gasteiger charge is 2.14. The van der Waals surface area contributed by atoms with Gasteiger partial charge in [0.05, 0.1) is 5.69 Å². The molecule has 0 amide bonds. The van der Waals surface area contributed by atoms with Crippen LogP contribution in [0.5, 0.6) is 0 Å². The van der Waals surface area contributed by atoms with Crippen molar-refractivity contribution in [1.29, 1.82) is 0 Å². The third kappa shape index (κ3) is 4.02. The summed E-state index contributed by atoms with van der Waals surface area (Å²) in [5.74, 6) is -0.162. The van der Waals surface area contributed by atoms with Gasteiger partial charge < -0.3 is 10.2 Å². The molecule has 0 spiro atoms. The predicted molar refractivity (Wildman–Crippen MR) is 87.4 cm³/mol. The van der Waals surface area contributed by atoms with Crippen molar-refractivity contribution < 1.29 is 4.39 Å². The van der Waals surface area contributed by atoms with Crippen molar-refractivity contribution in [3.05, 3.63) is 46.2 Å². The lowest BCUT2D eigenvalue weighted by molar-refractivity contribution is 0.608. The van der Waals surface area contributed by atoms with Crippen LogP contribution in [0.1, 0.15) is 29.5 Å². The highest BCUT2D eigenvalue weighted by Crippen LogP contribution is 2.27. The van der Waals surface area contributed by atoms with Crippen molar-refractivity contribution in [1.82, 2.24) is 10.3 Å². The Morgan fingerprint density at radius 2 is 2.10 bits per heavy atom. The Morgan fingerprint density at radius 1 is 1.33 bits per heavy atom. The molecule has 0 saturated heterocycles. The van der Waals surface area contributed by atoms with Crippen molar-refractivity contribution in [3.8, 4) is 0 Å². The number of hydrogen-bond acceptors (Lipinski definition) is 4. The summed E-state index contributed by atoms with van der Waals surface area (Å²) >= 11 is 1.69. The molecule has 0 saturated carbocycles. The molecule has 1 aromatic carbocycles. The van der Waals surface area contributed by atoms with Gasteiger partial charge >= 0.3 is 0 Å². The molecule has 1 heterocycles. The molecule has 0 aliphatic heterocycles. The fourth-order valence-corrected chi connectivity index (χ4v) is 3.29. The van der Waals surface area contributed by atoms with Crippen LogP contribution in [-0.4, -0.2) is 19.1 Å². The average Bonchev–Trinajstić information content (AvgIpc) is 2.86. The van der Waals surface area contributed by atoms with E-state index in [1.807, 2.05) is 31.1 Å². The summed E-state index contributed by atoms with van der Waals surface area (Å²) < 4.78 is 13.7. The van der Waals surface area contributed by atoms with E-state index >= 15 is 0 Å². The minimum absolute atomic E-state index is 0.162. The number of anilines is 1. The largest absolute Gasteiger partial charge is 0.347 e. The molecular weight excluding hydrogens is 285 g/mol. The third-order valence-corrected chi connectivity index (χ3v) is 4.49. The Kier molecular flexibility index (Phi) is 5.70. The van der Waals surface area contributed by atoms with Crippen LogP contribution in [0.3, 0.4) is 0 Å². The molecule has 0 radical (unpaired) electrons. The van der Waals surface area contributed by atoms with Gasteiger partial charge in [-0.25, -0.2) is 9.37 Å². The van der Waals surface area contributed by atoms with Crippen LogP contribution in [0.2, 0.25) is 0 Å². The van der Waals surface area contributed by atoms with Gasteiger partial charge in [0.15, 0.2) is 5.13 Å². The number of aromatic nitrogens is 1. The van der Waals surface area contributed by atoms with Gasteiger partial charge in [-0.2, -0.15) is 0 Å². The predicted octanol–water partition coefficient (Wildman–Crippen LogP) is 3.59. The van der Waals surface area contributed by atoms with Crippen molar-refractivity contribution in [2.75, 3.05) is 19.0 Å². The molecule has 0 fully saturated rings. The minimum atomic E-state index is -0.162. The first kappa shape index (κ1) is 15.9. The number of halogens is 1. The molecular formula is C16H22FN3S. The normalized spacial score (nSPS) is 10.9. The molecule has 0 unspecified atom stereocenters. The van der Waals surface area contributed by atoms with E-state index in [0.29, 0.717) is 12.1 Å². The lowest BCUT2D eigenvalue weighted by Crippen LogP contribution is -2.17. The summed E-state index contributed by atoms with van der Waals surface area (Å²) in [5, 5.41) is 4.14. The van der Waals surface area contributed by atoms with Crippen molar-refractivity contribution >= 4 is 16.5 Å². The van der Waals surface area contributed by atoms with E-state index in [1.165, 1.54) is 10.9 Å². The molecule has 2 aromatic rings. The van der Waals surface area contributed by atoms with Gasteiger partial charge in [0, 0.05) is 30.6 Å². The van der Waals surface area contributed by atoms with Crippen LogP contribution in [-0.2, 0) is 19.5 Å². The third-order valence-electron chi connectivity index (χ3n) is 3.28. The Labute approximate surface area is 129 Å². The smallest absolute Gasteiger partial charge is 0.185 e. The first-order chi connectivity index (χ1) is 10.2. The molecule has 0 bridgehead atoms. The zero-order valence-corrected chi connectivity index (χ0v) is 13.6. The lowest BCUT2D eigenvalue weighted by atomic mass is 10.2. The zero-order chi connectivity index (χ0) is 15.2. The molecule has 2 rings (SSSR count). The number of aryl methyl sites for hydroxylation is 1. The SMILES string of the molecule is CCCc1nc(N(C)Cc2ccccc2F)sc1CNC. The summed E-state index contributed by atoms with van der Waals surface area (Å²) in [6.07, 6.45) is 2.07. The van der Waals surface area contributed by atoms with Crippen LogP contribution in [0.15, 0.2) is 24.3 Å². The van der Waals surface area contributed by atoms with E-state index in [2.05, 4.69) is 12.2 Å². The second kappa shape index (κ2) is 7.52. The maximum absolute atomic E-state index is 13.7. The highest BCUT2D eigenvalue weighted by molar-refractivity contribution is 7.15. The minimum Gasteiger partial charge on any atom is -0.347 e. The maximum atomic E-state index is 13.7. The molecule has 0 atom stereocenters. The van der Waals surface area contributed by atoms with E-state index < -0.39 is 0 Å². The number of thiazole rings is 1.